The maximum Gasteiger partial charge on any atom is 0.286 e. The first-order valence-corrected chi connectivity index (χ1v) is 9.00. The number of amidine groups is 1. The van der Waals surface area contributed by atoms with Gasteiger partial charge in [0.1, 0.15) is 11.5 Å². The maximum atomic E-state index is 12.2. The molecule has 0 N–H and O–H groups in total. The smallest absolute Gasteiger partial charge is 0.286 e. The number of carbonyl (C=O) groups is 1. The Bertz CT molecular complexity index is 714. The summed E-state index contributed by atoms with van der Waals surface area (Å²) in [6, 6.07) is 3.65. The SMILES string of the molecule is COc1cc(OC)c(/C=C2\SC(N3CCOCC3)=NC2=O)cc1Br. The number of nitrogens with zero attached hydrogens (tertiary/aromatic N) is 2. The van der Waals surface area contributed by atoms with Gasteiger partial charge in [-0.2, -0.15) is 4.99 Å². The van der Waals surface area contributed by atoms with E-state index in [1.165, 1.54) is 11.8 Å². The van der Waals surface area contributed by atoms with Crippen LogP contribution >= 0.6 is 27.7 Å². The molecular weight excluding hydrogens is 396 g/mol. The quantitative estimate of drug-likeness (QED) is 0.711. The molecule has 0 aromatic heterocycles. The zero-order valence-corrected chi connectivity index (χ0v) is 15.8. The van der Waals surface area contributed by atoms with E-state index in [4.69, 9.17) is 14.2 Å². The maximum absolute atomic E-state index is 12.2. The number of halogens is 1. The number of benzene rings is 1. The van der Waals surface area contributed by atoms with Crippen LogP contribution in [0.2, 0.25) is 0 Å². The summed E-state index contributed by atoms with van der Waals surface area (Å²) in [5.41, 5.74) is 0.791. The van der Waals surface area contributed by atoms with E-state index >= 15 is 0 Å². The van der Waals surface area contributed by atoms with Crippen molar-refractivity contribution in [3.8, 4) is 11.5 Å². The molecule has 1 aromatic carbocycles. The first-order chi connectivity index (χ1) is 11.6. The van der Waals surface area contributed by atoms with Crippen LogP contribution in [0.5, 0.6) is 11.5 Å². The average molecular weight is 413 g/mol. The minimum absolute atomic E-state index is 0.226. The van der Waals surface area contributed by atoms with Crippen molar-refractivity contribution in [1.82, 2.24) is 4.90 Å². The van der Waals surface area contributed by atoms with Crippen molar-refractivity contribution in [3.63, 3.8) is 0 Å². The Morgan fingerprint density at radius 2 is 1.96 bits per heavy atom. The van der Waals surface area contributed by atoms with E-state index in [0.717, 1.165) is 28.3 Å². The molecule has 1 fully saturated rings. The van der Waals surface area contributed by atoms with Gasteiger partial charge in [0, 0.05) is 24.7 Å². The van der Waals surface area contributed by atoms with Crippen LogP contribution in [-0.4, -0.2) is 56.5 Å². The van der Waals surface area contributed by atoms with Gasteiger partial charge in [-0.1, -0.05) is 0 Å². The van der Waals surface area contributed by atoms with Gasteiger partial charge in [0.2, 0.25) is 0 Å². The molecule has 0 spiro atoms. The van der Waals surface area contributed by atoms with Crippen molar-refractivity contribution in [2.75, 3.05) is 40.5 Å². The van der Waals surface area contributed by atoms with Crippen molar-refractivity contribution in [3.05, 3.63) is 27.1 Å². The van der Waals surface area contributed by atoms with Gasteiger partial charge < -0.3 is 19.1 Å². The Balaban J connectivity index is 1.85. The standard InChI is InChI=1S/C16H17BrN2O4S/c1-21-12-9-13(22-2)11(17)7-10(12)8-14-15(20)18-16(24-14)19-3-5-23-6-4-19/h7-9H,3-6H2,1-2H3/b14-8-. The molecule has 0 bridgehead atoms. The molecule has 128 valence electrons. The van der Waals surface area contributed by atoms with Gasteiger partial charge in [-0.3, -0.25) is 4.79 Å². The number of hydrogen-bond acceptors (Lipinski definition) is 6. The van der Waals surface area contributed by atoms with Crippen LogP contribution in [0.3, 0.4) is 0 Å². The van der Waals surface area contributed by atoms with Gasteiger partial charge in [-0.25, -0.2) is 0 Å². The summed E-state index contributed by atoms with van der Waals surface area (Å²) < 4.78 is 16.8. The van der Waals surface area contributed by atoms with Crippen molar-refractivity contribution < 1.29 is 19.0 Å². The van der Waals surface area contributed by atoms with Crippen LogP contribution in [0.4, 0.5) is 0 Å². The van der Waals surface area contributed by atoms with E-state index < -0.39 is 0 Å². The van der Waals surface area contributed by atoms with E-state index in [9.17, 15) is 4.79 Å². The molecule has 2 aliphatic rings. The van der Waals surface area contributed by atoms with E-state index in [-0.39, 0.29) is 5.91 Å². The Kier molecular flexibility index (Phi) is 5.47. The normalized spacial score (nSPS) is 19.6. The third kappa shape index (κ3) is 3.60. The van der Waals surface area contributed by atoms with Gasteiger partial charge in [-0.15, -0.1) is 0 Å². The molecule has 24 heavy (non-hydrogen) atoms. The Hall–Kier alpha value is -1.51. The number of hydrogen-bond donors (Lipinski definition) is 0. The molecule has 1 aromatic rings. The van der Waals surface area contributed by atoms with Crippen molar-refractivity contribution >= 4 is 44.8 Å². The van der Waals surface area contributed by atoms with Crippen LogP contribution in [0.25, 0.3) is 6.08 Å². The van der Waals surface area contributed by atoms with E-state index in [1.807, 2.05) is 6.07 Å². The highest BCUT2D eigenvalue weighted by Gasteiger charge is 2.27. The number of thioether (sulfide) groups is 1. The van der Waals surface area contributed by atoms with Crippen molar-refractivity contribution in [2.24, 2.45) is 4.99 Å². The molecule has 3 rings (SSSR count). The largest absolute Gasteiger partial charge is 0.496 e. The average Bonchev–Trinajstić information content (AvgIpc) is 2.97. The number of carbonyl (C=O) groups excluding carboxylic acids is 1. The first-order valence-electron chi connectivity index (χ1n) is 7.39. The first kappa shape index (κ1) is 17.3. The summed E-state index contributed by atoms with van der Waals surface area (Å²) >= 11 is 4.84. The van der Waals surface area contributed by atoms with Gasteiger partial charge in [0.25, 0.3) is 5.91 Å². The summed E-state index contributed by atoms with van der Waals surface area (Å²) in [4.78, 5) is 19.0. The molecule has 2 heterocycles. The predicted molar refractivity (Wildman–Crippen MR) is 97.6 cm³/mol. The van der Waals surface area contributed by atoms with Crippen LogP contribution < -0.4 is 9.47 Å². The monoisotopic (exact) mass is 412 g/mol. The van der Waals surface area contributed by atoms with E-state index in [0.29, 0.717) is 29.6 Å². The summed E-state index contributed by atoms with van der Waals surface area (Å²) in [5, 5.41) is 0.737. The fourth-order valence-corrected chi connectivity index (χ4v) is 3.90. The summed E-state index contributed by atoms with van der Waals surface area (Å²) in [5.74, 6) is 1.08. The third-order valence-corrected chi connectivity index (χ3v) is 5.35. The molecule has 1 saturated heterocycles. The van der Waals surface area contributed by atoms with Crippen molar-refractivity contribution in [2.45, 2.75) is 0 Å². The van der Waals surface area contributed by atoms with Gasteiger partial charge in [0.05, 0.1) is 36.8 Å². The highest BCUT2D eigenvalue weighted by atomic mass is 79.9. The second kappa shape index (κ2) is 7.58. The molecule has 0 saturated carbocycles. The summed E-state index contributed by atoms with van der Waals surface area (Å²) in [6.45, 7) is 2.83. The molecular formula is C16H17BrN2O4S. The summed E-state index contributed by atoms with van der Waals surface area (Å²) in [6.07, 6.45) is 1.80. The number of amides is 1. The lowest BCUT2D eigenvalue weighted by atomic mass is 10.1. The number of rotatable bonds is 3. The molecule has 8 heteroatoms. The van der Waals surface area contributed by atoms with E-state index in [1.54, 1.807) is 26.4 Å². The molecule has 0 atom stereocenters. The number of morpholine rings is 1. The molecule has 2 aliphatic heterocycles. The fraction of sp³-hybridized carbons (Fsp3) is 0.375. The minimum atomic E-state index is -0.226. The second-order valence-electron chi connectivity index (χ2n) is 5.14. The number of methoxy groups -OCH3 is 2. The lowest BCUT2D eigenvalue weighted by Gasteiger charge is -2.27. The fourth-order valence-electron chi connectivity index (χ4n) is 2.43. The zero-order valence-electron chi connectivity index (χ0n) is 13.4. The lowest BCUT2D eigenvalue weighted by molar-refractivity contribution is -0.113. The predicted octanol–water partition coefficient (Wildman–Crippen LogP) is 2.77. The third-order valence-electron chi connectivity index (χ3n) is 3.68. The lowest BCUT2D eigenvalue weighted by Crippen LogP contribution is -2.38. The summed E-state index contributed by atoms with van der Waals surface area (Å²) in [7, 11) is 3.18. The number of ether oxygens (including phenoxy) is 3. The topological polar surface area (TPSA) is 60.4 Å². The molecule has 0 radical (unpaired) electrons. The van der Waals surface area contributed by atoms with E-state index in [2.05, 4.69) is 25.8 Å². The van der Waals surface area contributed by atoms with Crippen LogP contribution in [-0.2, 0) is 9.53 Å². The molecule has 0 aliphatic carbocycles. The highest BCUT2D eigenvalue weighted by Crippen LogP contribution is 2.37. The Morgan fingerprint density at radius 3 is 2.62 bits per heavy atom. The minimum Gasteiger partial charge on any atom is -0.496 e. The molecule has 6 nitrogen and oxygen atoms in total. The van der Waals surface area contributed by atoms with Gasteiger partial charge in [-0.05, 0) is 39.8 Å². The Labute approximate surface area is 153 Å². The van der Waals surface area contributed by atoms with Gasteiger partial charge in [0.15, 0.2) is 5.17 Å². The van der Waals surface area contributed by atoms with Crippen molar-refractivity contribution in [1.29, 1.82) is 0 Å². The molecule has 0 unspecified atom stereocenters. The highest BCUT2D eigenvalue weighted by molar-refractivity contribution is 9.10. The number of aliphatic imine (C=N–C) groups is 1. The molecule has 1 amide bonds. The van der Waals surface area contributed by atoms with Crippen LogP contribution in [0, 0.1) is 0 Å². The van der Waals surface area contributed by atoms with Gasteiger partial charge >= 0.3 is 0 Å². The van der Waals surface area contributed by atoms with Crippen LogP contribution in [0.15, 0.2) is 26.5 Å². The van der Waals surface area contributed by atoms with Crippen LogP contribution in [0.1, 0.15) is 5.56 Å². The second-order valence-corrected chi connectivity index (χ2v) is 7.00. The zero-order chi connectivity index (χ0) is 17.1. The Morgan fingerprint density at radius 1 is 1.25 bits per heavy atom.